The summed E-state index contributed by atoms with van der Waals surface area (Å²) in [7, 11) is 2.00. The standard InChI is InChI=1S/C29H36N5OPS/c1-20-10-8-9-11-24(20)26-25(29(2,3)4)27(32-28(31-26)33-37-23-18-30-34(5)19-23)35-22-14-12-21(13-15-22)16-17-36(6)7/h8-15,18-19H,16-17H2,1-7H3,(H,31,32,33). The average Bonchev–Trinajstić information content (AvgIpc) is 3.26. The highest BCUT2D eigenvalue weighted by atomic mass is 32.2. The molecule has 2 aromatic heterocycles. The number of nitrogens with one attached hydrogen (secondary N) is 1. The first-order valence-corrected chi connectivity index (χ1v) is 15.7. The van der Waals surface area contributed by atoms with Crippen LogP contribution in [0.25, 0.3) is 11.3 Å². The molecule has 0 amide bonds. The number of ether oxygens (including phenoxy) is 1. The second kappa shape index (κ2) is 11.7. The maximum Gasteiger partial charge on any atom is 0.237 e. The molecule has 0 aliphatic rings. The number of anilines is 1. The van der Waals surface area contributed by atoms with Crippen molar-refractivity contribution in [1.29, 1.82) is 0 Å². The van der Waals surface area contributed by atoms with E-state index >= 15 is 0 Å². The minimum atomic E-state index is -0.249. The molecule has 194 valence electrons. The highest BCUT2D eigenvalue weighted by molar-refractivity contribution is 8.00. The number of nitrogens with zero attached hydrogens (tertiary/aromatic N) is 4. The Kier molecular flexibility index (Phi) is 8.56. The fraction of sp³-hybridized carbons (Fsp3) is 0.345. The molecule has 0 aliphatic carbocycles. The summed E-state index contributed by atoms with van der Waals surface area (Å²) in [6.45, 7) is 13.3. The Morgan fingerprint density at radius 1 is 1.03 bits per heavy atom. The van der Waals surface area contributed by atoms with Gasteiger partial charge in [-0.3, -0.25) is 9.40 Å². The fourth-order valence-corrected chi connectivity index (χ4v) is 5.32. The van der Waals surface area contributed by atoms with Crippen molar-refractivity contribution in [2.24, 2.45) is 7.05 Å². The summed E-state index contributed by atoms with van der Waals surface area (Å²) in [6, 6.07) is 16.7. The third kappa shape index (κ3) is 7.12. The number of rotatable bonds is 9. The van der Waals surface area contributed by atoms with Gasteiger partial charge in [-0.25, -0.2) is 4.98 Å². The Morgan fingerprint density at radius 3 is 2.38 bits per heavy atom. The van der Waals surface area contributed by atoms with Crippen LogP contribution in [-0.2, 0) is 18.9 Å². The summed E-state index contributed by atoms with van der Waals surface area (Å²) < 4.78 is 11.6. The van der Waals surface area contributed by atoms with Crippen molar-refractivity contribution < 1.29 is 4.74 Å². The summed E-state index contributed by atoms with van der Waals surface area (Å²) in [4.78, 5) is 10.8. The molecule has 2 heterocycles. The molecule has 0 unspecified atom stereocenters. The average molecular weight is 534 g/mol. The van der Waals surface area contributed by atoms with Crippen LogP contribution in [0.4, 0.5) is 5.95 Å². The maximum absolute atomic E-state index is 6.50. The summed E-state index contributed by atoms with van der Waals surface area (Å²) in [5.74, 6) is 1.82. The zero-order chi connectivity index (χ0) is 26.6. The number of aryl methyl sites for hydroxylation is 3. The molecule has 0 bridgehead atoms. The zero-order valence-corrected chi connectivity index (χ0v) is 24.5. The molecule has 0 spiro atoms. The molecule has 6 nitrogen and oxygen atoms in total. The van der Waals surface area contributed by atoms with Gasteiger partial charge in [0, 0.05) is 24.4 Å². The monoisotopic (exact) mass is 533 g/mol. The van der Waals surface area contributed by atoms with Crippen LogP contribution in [0.3, 0.4) is 0 Å². The van der Waals surface area contributed by atoms with Gasteiger partial charge in [0.05, 0.1) is 16.8 Å². The Balaban J connectivity index is 1.75. The van der Waals surface area contributed by atoms with E-state index in [-0.39, 0.29) is 13.3 Å². The van der Waals surface area contributed by atoms with Crippen LogP contribution in [-0.4, -0.2) is 39.2 Å². The largest absolute Gasteiger partial charge is 0.439 e. The van der Waals surface area contributed by atoms with Gasteiger partial charge in [0.15, 0.2) is 0 Å². The Bertz CT molecular complexity index is 1350. The third-order valence-corrected chi connectivity index (χ3v) is 7.80. The Morgan fingerprint density at radius 2 is 1.76 bits per heavy atom. The second-order valence-corrected chi connectivity index (χ2v) is 14.0. The van der Waals surface area contributed by atoms with Crippen molar-refractivity contribution in [2.75, 3.05) is 24.2 Å². The molecule has 0 aliphatic heterocycles. The van der Waals surface area contributed by atoms with Crippen LogP contribution < -0.4 is 9.46 Å². The smallest absolute Gasteiger partial charge is 0.237 e. The SMILES string of the molecule is Cc1ccccc1-c1nc(NSc2cnn(C)c2)nc(Oc2ccc(CCP(C)C)cc2)c1C(C)(C)C. The molecule has 0 radical (unpaired) electrons. The van der Waals surface area contributed by atoms with Crippen molar-refractivity contribution in [3.8, 4) is 22.9 Å². The van der Waals surface area contributed by atoms with Crippen LogP contribution in [0.1, 0.15) is 37.5 Å². The molecule has 4 aromatic rings. The normalized spacial score (nSPS) is 11.7. The van der Waals surface area contributed by atoms with Crippen molar-refractivity contribution >= 4 is 25.8 Å². The van der Waals surface area contributed by atoms with Gasteiger partial charge in [-0.1, -0.05) is 57.2 Å². The minimum Gasteiger partial charge on any atom is -0.439 e. The maximum atomic E-state index is 6.50. The van der Waals surface area contributed by atoms with Gasteiger partial charge in [0.1, 0.15) is 5.75 Å². The van der Waals surface area contributed by atoms with E-state index in [1.165, 1.54) is 23.7 Å². The van der Waals surface area contributed by atoms with Crippen LogP contribution in [0.2, 0.25) is 0 Å². The molecule has 4 rings (SSSR count). The van der Waals surface area contributed by atoms with Gasteiger partial charge in [-0.15, -0.1) is 7.92 Å². The summed E-state index contributed by atoms with van der Waals surface area (Å²) >= 11 is 1.43. The van der Waals surface area contributed by atoms with Gasteiger partial charge >= 0.3 is 0 Å². The lowest BCUT2D eigenvalue weighted by Crippen LogP contribution is -2.17. The molecule has 0 fully saturated rings. The Hall–Kier alpha value is -2.89. The van der Waals surface area contributed by atoms with E-state index < -0.39 is 0 Å². The van der Waals surface area contributed by atoms with Crippen molar-refractivity contribution in [2.45, 2.75) is 44.4 Å². The molecule has 0 saturated heterocycles. The van der Waals surface area contributed by atoms with Gasteiger partial charge in [0.25, 0.3) is 0 Å². The van der Waals surface area contributed by atoms with Crippen molar-refractivity contribution in [3.05, 3.63) is 77.6 Å². The molecule has 1 N–H and O–H groups in total. The number of benzene rings is 2. The topological polar surface area (TPSA) is 64.9 Å². The summed E-state index contributed by atoms with van der Waals surface area (Å²) in [5.41, 5.74) is 5.16. The quantitative estimate of drug-likeness (QED) is 0.176. The summed E-state index contributed by atoms with van der Waals surface area (Å²) in [5, 5.41) is 4.25. The van der Waals surface area contributed by atoms with Gasteiger partial charge in [-0.05, 0) is 73.5 Å². The first-order chi connectivity index (χ1) is 17.6. The fourth-order valence-electron chi connectivity index (χ4n) is 4.01. The molecule has 8 heteroatoms. The minimum absolute atomic E-state index is 0.0970. The molecular weight excluding hydrogens is 497 g/mol. The van der Waals surface area contributed by atoms with Gasteiger partial charge < -0.3 is 4.74 Å². The zero-order valence-electron chi connectivity index (χ0n) is 22.7. The predicted molar refractivity (Wildman–Crippen MR) is 157 cm³/mol. The van der Waals surface area contributed by atoms with E-state index in [1.54, 1.807) is 4.68 Å². The van der Waals surface area contributed by atoms with Crippen molar-refractivity contribution in [3.63, 3.8) is 0 Å². The number of hydrogen-bond donors (Lipinski definition) is 1. The van der Waals surface area contributed by atoms with Crippen molar-refractivity contribution in [1.82, 2.24) is 19.7 Å². The van der Waals surface area contributed by atoms with E-state index in [1.807, 2.05) is 43.7 Å². The van der Waals surface area contributed by atoms with Gasteiger partial charge in [-0.2, -0.15) is 10.1 Å². The van der Waals surface area contributed by atoms with E-state index in [0.717, 1.165) is 39.5 Å². The third-order valence-electron chi connectivity index (χ3n) is 5.95. The molecule has 0 atom stereocenters. The molecule has 2 aromatic carbocycles. The lowest BCUT2D eigenvalue weighted by Gasteiger charge is -2.26. The summed E-state index contributed by atoms with van der Waals surface area (Å²) in [6.07, 6.45) is 6.08. The molecular formula is C29H36N5OPS. The number of aromatic nitrogens is 4. The lowest BCUT2D eigenvalue weighted by atomic mass is 9.84. The Labute approximate surface area is 226 Å². The first kappa shape index (κ1) is 27.2. The van der Waals surface area contributed by atoms with Crippen LogP contribution >= 0.6 is 19.9 Å². The van der Waals surface area contributed by atoms with E-state index in [2.05, 4.69) is 75.1 Å². The molecule has 0 saturated carbocycles. The predicted octanol–water partition coefficient (Wildman–Crippen LogP) is 7.68. The van der Waals surface area contributed by atoms with Crippen LogP contribution in [0, 0.1) is 6.92 Å². The van der Waals surface area contributed by atoms with Crippen LogP contribution in [0.15, 0.2) is 65.8 Å². The van der Waals surface area contributed by atoms with Gasteiger partial charge in [0.2, 0.25) is 11.8 Å². The lowest BCUT2D eigenvalue weighted by molar-refractivity contribution is 0.436. The molecule has 37 heavy (non-hydrogen) atoms. The highest BCUT2D eigenvalue weighted by Gasteiger charge is 2.28. The second-order valence-electron chi connectivity index (χ2n) is 10.5. The first-order valence-electron chi connectivity index (χ1n) is 12.4. The van der Waals surface area contributed by atoms with E-state index in [0.29, 0.717) is 11.8 Å². The highest BCUT2D eigenvalue weighted by Crippen LogP contribution is 2.41. The van der Waals surface area contributed by atoms with E-state index in [9.17, 15) is 0 Å². The van der Waals surface area contributed by atoms with Crippen LogP contribution in [0.5, 0.6) is 11.6 Å². The number of hydrogen-bond acceptors (Lipinski definition) is 6. The van der Waals surface area contributed by atoms with E-state index in [4.69, 9.17) is 14.7 Å².